The van der Waals surface area contributed by atoms with Gasteiger partial charge in [-0.2, -0.15) is 0 Å². The van der Waals surface area contributed by atoms with E-state index in [9.17, 15) is 9.59 Å². The molecule has 0 amide bonds. The zero-order chi connectivity index (χ0) is 9.94. The molecule has 3 nitrogen and oxygen atoms in total. The Morgan fingerprint density at radius 1 is 1.33 bits per heavy atom. The monoisotopic (exact) mass is 192 g/mol. The maximum Gasteiger partial charge on any atom is 0.376 e. The minimum Gasteiger partial charge on any atom is -0.454 e. The van der Waals surface area contributed by atoms with Gasteiger partial charge in [-0.25, -0.2) is 4.79 Å². The van der Waals surface area contributed by atoms with Crippen LogP contribution in [0.15, 0.2) is 0 Å². The minimum atomic E-state index is -0.870. The molecule has 0 fully saturated rings. The molecule has 0 N–H and O–H groups in total. The summed E-state index contributed by atoms with van der Waals surface area (Å²) in [7, 11) is 0. The highest BCUT2D eigenvalue weighted by atomic mass is 35.5. The number of alkyl halides is 1. The van der Waals surface area contributed by atoms with Crippen LogP contribution in [-0.4, -0.2) is 22.7 Å². The number of halogens is 1. The van der Waals surface area contributed by atoms with E-state index in [1.165, 1.54) is 6.92 Å². The fourth-order valence-electron chi connectivity index (χ4n) is 0.491. The number of ether oxygens (including phenoxy) is 1. The molecule has 4 heteroatoms. The molecule has 12 heavy (non-hydrogen) atoms. The van der Waals surface area contributed by atoms with Gasteiger partial charge in [0.25, 0.3) is 5.78 Å². The molecule has 0 radical (unpaired) electrons. The van der Waals surface area contributed by atoms with Crippen molar-refractivity contribution in [3.05, 3.63) is 0 Å². The van der Waals surface area contributed by atoms with E-state index in [0.29, 0.717) is 0 Å². The van der Waals surface area contributed by atoms with Crippen LogP contribution in [0, 0.1) is 0 Å². The van der Waals surface area contributed by atoms with E-state index in [1.54, 1.807) is 20.8 Å². The zero-order valence-electron chi connectivity index (χ0n) is 7.68. The molecule has 0 saturated heterocycles. The lowest BCUT2D eigenvalue weighted by molar-refractivity contribution is -0.162. The molecule has 0 bridgehead atoms. The number of Topliss-reactive ketones (excluding diaryl/α,β-unsaturated/α-hetero) is 1. The van der Waals surface area contributed by atoms with Crippen LogP contribution < -0.4 is 0 Å². The number of carbonyl (C=O) groups excluding carboxylic acids is 2. The summed E-state index contributed by atoms with van der Waals surface area (Å²) in [6, 6.07) is 0. The lowest BCUT2D eigenvalue weighted by Gasteiger charge is -2.18. The maximum atomic E-state index is 10.9. The highest BCUT2D eigenvalue weighted by Gasteiger charge is 2.25. The van der Waals surface area contributed by atoms with E-state index in [2.05, 4.69) is 0 Å². The van der Waals surface area contributed by atoms with Gasteiger partial charge < -0.3 is 4.74 Å². The van der Waals surface area contributed by atoms with E-state index in [-0.39, 0.29) is 0 Å². The Labute approximate surface area is 77.0 Å². The zero-order valence-corrected chi connectivity index (χ0v) is 8.44. The topological polar surface area (TPSA) is 43.4 Å². The van der Waals surface area contributed by atoms with Crippen LogP contribution >= 0.6 is 11.6 Å². The fourth-order valence-corrected chi connectivity index (χ4v) is 0.580. The van der Waals surface area contributed by atoms with Crippen LogP contribution in [0.5, 0.6) is 0 Å². The van der Waals surface area contributed by atoms with Gasteiger partial charge in [0.2, 0.25) is 0 Å². The Hall–Kier alpha value is -0.570. The summed E-state index contributed by atoms with van der Waals surface area (Å²) < 4.78 is 4.79. The minimum absolute atomic E-state index is 0.640. The lowest BCUT2D eigenvalue weighted by Crippen LogP contribution is -2.32. The largest absolute Gasteiger partial charge is 0.454 e. The molecule has 70 valence electrons. The molecule has 0 aromatic rings. The number of carbonyl (C=O) groups is 2. The van der Waals surface area contributed by atoms with Crippen molar-refractivity contribution in [2.75, 3.05) is 0 Å². The number of hydrogen-bond donors (Lipinski definition) is 0. The Morgan fingerprint density at radius 3 is 2.00 bits per heavy atom. The quantitative estimate of drug-likeness (QED) is 0.379. The molecule has 1 unspecified atom stereocenters. The van der Waals surface area contributed by atoms with Gasteiger partial charge in [0.05, 0.1) is 0 Å². The Kier molecular flexibility index (Phi) is 3.71. The summed E-state index contributed by atoms with van der Waals surface area (Å²) >= 11 is 5.40. The van der Waals surface area contributed by atoms with Crippen LogP contribution in [-0.2, 0) is 14.3 Å². The molecule has 0 aromatic heterocycles. The number of ketones is 1. The summed E-state index contributed by atoms with van der Waals surface area (Å²) in [6.07, 6.45) is 0. The van der Waals surface area contributed by atoms with Crippen molar-refractivity contribution in [2.45, 2.75) is 38.7 Å². The van der Waals surface area contributed by atoms with E-state index in [4.69, 9.17) is 16.3 Å². The first-order valence-electron chi connectivity index (χ1n) is 3.65. The Morgan fingerprint density at radius 2 is 1.75 bits per heavy atom. The first-order valence-corrected chi connectivity index (χ1v) is 4.09. The molecular formula is C8H13ClO3. The standard InChI is InChI=1S/C8H13ClO3/c1-5(9)6(10)7(11)12-8(2,3)4/h5H,1-4H3. The molecule has 0 aromatic carbocycles. The molecule has 0 spiro atoms. The van der Waals surface area contributed by atoms with E-state index in [1.807, 2.05) is 0 Å². The van der Waals surface area contributed by atoms with E-state index in [0.717, 1.165) is 0 Å². The summed E-state index contributed by atoms with van der Waals surface area (Å²) in [6.45, 7) is 6.51. The second-order valence-electron chi connectivity index (χ2n) is 3.48. The van der Waals surface area contributed by atoms with Crippen LogP contribution in [0.4, 0.5) is 0 Å². The average Bonchev–Trinajstić information content (AvgIpc) is 1.82. The maximum absolute atomic E-state index is 10.9. The van der Waals surface area contributed by atoms with Gasteiger partial charge in [-0.05, 0) is 27.7 Å². The summed E-state index contributed by atoms with van der Waals surface area (Å²) in [4.78, 5) is 21.9. The summed E-state index contributed by atoms with van der Waals surface area (Å²) in [5, 5.41) is -0.820. The van der Waals surface area contributed by atoms with Gasteiger partial charge in [-0.3, -0.25) is 4.79 Å². The molecule has 0 rings (SSSR count). The van der Waals surface area contributed by atoms with E-state index >= 15 is 0 Å². The normalized spacial score (nSPS) is 13.8. The third kappa shape index (κ3) is 4.34. The van der Waals surface area contributed by atoms with Gasteiger partial charge in [0.15, 0.2) is 0 Å². The van der Waals surface area contributed by atoms with Gasteiger partial charge in [0.1, 0.15) is 11.0 Å². The molecule has 0 heterocycles. The predicted molar refractivity (Wildman–Crippen MR) is 46.2 cm³/mol. The Balaban J connectivity index is 4.15. The van der Waals surface area contributed by atoms with Crippen LogP contribution in [0.1, 0.15) is 27.7 Å². The van der Waals surface area contributed by atoms with Crippen molar-refractivity contribution in [3.8, 4) is 0 Å². The SMILES string of the molecule is CC(Cl)C(=O)C(=O)OC(C)(C)C. The predicted octanol–water partition coefficient (Wildman–Crippen LogP) is 1.52. The van der Waals surface area contributed by atoms with Crippen LogP contribution in [0.25, 0.3) is 0 Å². The first-order chi connectivity index (χ1) is 5.24. The van der Waals surface area contributed by atoms with Gasteiger partial charge in [-0.1, -0.05) is 0 Å². The number of hydrogen-bond acceptors (Lipinski definition) is 3. The van der Waals surface area contributed by atoms with Crippen LogP contribution in [0.2, 0.25) is 0 Å². The van der Waals surface area contributed by atoms with Gasteiger partial charge >= 0.3 is 5.97 Å². The molecule has 0 aliphatic heterocycles. The molecule has 0 aliphatic carbocycles. The fraction of sp³-hybridized carbons (Fsp3) is 0.750. The second-order valence-corrected chi connectivity index (χ2v) is 4.14. The number of esters is 1. The third-order valence-electron chi connectivity index (χ3n) is 0.961. The summed E-state index contributed by atoms with van der Waals surface area (Å²) in [5.74, 6) is -1.57. The molecule has 1 atom stereocenters. The van der Waals surface area contributed by atoms with Crippen molar-refractivity contribution < 1.29 is 14.3 Å². The van der Waals surface area contributed by atoms with Gasteiger partial charge in [-0.15, -0.1) is 11.6 Å². The van der Waals surface area contributed by atoms with Crippen molar-refractivity contribution in [1.82, 2.24) is 0 Å². The van der Waals surface area contributed by atoms with Gasteiger partial charge in [0, 0.05) is 0 Å². The highest BCUT2D eigenvalue weighted by molar-refractivity contribution is 6.47. The molecular weight excluding hydrogens is 180 g/mol. The smallest absolute Gasteiger partial charge is 0.376 e. The van der Waals surface area contributed by atoms with Crippen molar-refractivity contribution in [1.29, 1.82) is 0 Å². The van der Waals surface area contributed by atoms with E-state index < -0.39 is 22.7 Å². The lowest BCUT2D eigenvalue weighted by atomic mass is 10.2. The highest BCUT2D eigenvalue weighted by Crippen LogP contribution is 2.08. The second kappa shape index (κ2) is 3.90. The summed E-state index contributed by atoms with van der Waals surface area (Å²) in [5.41, 5.74) is -0.640. The van der Waals surface area contributed by atoms with Crippen LogP contribution in [0.3, 0.4) is 0 Å². The van der Waals surface area contributed by atoms with Crippen molar-refractivity contribution in [2.24, 2.45) is 0 Å². The van der Waals surface area contributed by atoms with Crippen molar-refractivity contribution >= 4 is 23.4 Å². The number of rotatable bonds is 2. The average molecular weight is 193 g/mol. The molecule has 0 saturated carbocycles. The first kappa shape index (κ1) is 11.4. The van der Waals surface area contributed by atoms with Crippen molar-refractivity contribution in [3.63, 3.8) is 0 Å². The third-order valence-corrected chi connectivity index (χ3v) is 1.16. The Bertz CT molecular complexity index is 191. The molecule has 0 aliphatic rings.